The van der Waals surface area contributed by atoms with E-state index in [-0.39, 0.29) is 0 Å². The molecule has 0 radical (unpaired) electrons. The highest BCUT2D eigenvalue weighted by Crippen LogP contribution is 2.36. The van der Waals surface area contributed by atoms with Crippen molar-refractivity contribution in [2.45, 2.75) is 0 Å². The summed E-state index contributed by atoms with van der Waals surface area (Å²) in [4.78, 5) is 10.2. The van der Waals surface area contributed by atoms with Crippen LogP contribution < -0.4 is 0 Å². The zero-order chi connectivity index (χ0) is 26.5. The summed E-state index contributed by atoms with van der Waals surface area (Å²) < 4.78 is 0. The van der Waals surface area contributed by atoms with E-state index >= 15 is 0 Å². The molecule has 186 valence electrons. The molecular formula is C36H22N4. The van der Waals surface area contributed by atoms with Crippen molar-refractivity contribution in [1.29, 1.82) is 0 Å². The number of hydrogen-bond donors (Lipinski definition) is 0. The summed E-state index contributed by atoms with van der Waals surface area (Å²) in [6, 6.07) is 42.8. The fourth-order valence-electron chi connectivity index (χ4n) is 5.66. The Bertz CT molecular complexity index is 2080. The Morgan fingerprint density at radius 3 is 1.40 bits per heavy atom. The first-order chi connectivity index (χ1) is 19.8. The maximum absolute atomic E-state index is 5.08. The molecule has 0 unspecified atom stereocenters. The van der Waals surface area contributed by atoms with Gasteiger partial charge in [-0.05, 0) is 79.5 Å². The van der Waals surface area contributed by atoms with Crippen LogP contribution in [0.4, 0.5) is 0 Å². The van der Waals surface area contributed by atoms with Crippen LogP contribution in [0.3, 0.4) is 0 Å². The van der Waals surface area contributed by atoms with E-state index in [1.165, 1.54) is 32.3 Å². The fourth-order valence-corrected chi connectivity index (χ4v) is 5.66. The molecule has 0 aliphatic rings. The molecule has 40 heavy (non-hydrogen) atoms. The highest BCUT2D eigenvalue weighted by Gasteiger charge is 2.15. The number of benzene rings is 6. The highest BCUT2D eigenvalue weighted by molar-refractivity contribution is 6.07. The van der Waals surface area contributed by atoms with Crippen molar-refractivity contribution in [3.05, 3.63) is 134 Å². The van der Waals surface area contributed by atoms with Crippen LogP contribution in [0.15, 0.2) is 134 Å². The van der Waals surface area contributed by atoms with Crippen molar-refractivity contribution in [2.75, 3.05) is 0 Å². The fraction of sp³-hybridized carbons (Fsp3) is 0. The van der Waals surface area contributed by atoms with Crippen molar-refractivity contribution in [1.82, 2.24) is 20.2 Å². The quantitative estimate of drug-likeness (QED) is 0.223. The van der Waals surface area contributed by atoms with Gasteiger partial charge in [-0.1, -0.05) is 84.9 Å². The van der Waals surface area contributed by atoms with Crippen LogP contribution in [0.25, 0.3) is 77.0 Å². The summed E-state index contributed by atoms with van der Waals surface area (Å²) >= 11 is 0. The molecule has 4 nitrogen and oxygen atoms in total. The summed E-state index contributed by atoms with van der Waals surface area (Å²) in [5, 5.41) is 17.6. The molecule has 8 rings (SSSR count). The number of aromatic nitrogens is 4. The predicted octanol–water partition coefficient (Wildman–Crippen LogP) is 8.88. The Morgan fingerprint density at radius 2 is 0.900 bits per heavy atom. The van der Waals surface area contributed by atoms with Gasteiger partial charge in [-0.2, -0.15) is 10.2 Å². The zero-order valence-corrected chi connectivity index (χ0v) is 21.5. The minimum absolute atomic E-state index is 0.623. The average Bonchev–Trinajstić information content (AvgIpc) is 3.02. The first kappa shape index (κ1) is 22.5. The van der Waals surface area contributed by atoms with Crippen LogP contribution in [0.5, 0.6) is 0 Å². The van der Waals surface area contributed by atoms with E-state index in [0.29, 0.717) is 5.82 Å². The van der Waals surface area contributed by atoms with Gasteiger partial charge in [0.15, 0.2) is 5.82 Å². The summed E-state index contributed by atoms with van der Waals surface area (Å²) in [6.07, 6.45) is 3.40. The lowest BCUT2D eigenvalue weighted by Crippen LogP contribution is -1.97. The lowest BCUT2D eigenvalue weighted by Gasteiger charge is -2.13. The first-order valence-corrected chi connectivity index (χ1v) is 13.3. The lowest BCUT2D eigenvalue weighted by molar-refractivity contribution is 1.02. The number of nitrogens with zero attached hydrogens (tertiary/aromatic N) is 4. The summed E-state index contributed by atoms with van der Waals surface area (Å²) in [6.45, 7) is 0. The third-order valence-electron chi connectivity index (χ3n) is 7.61. The number of rotatable bonds is 3. The second-order valence-electron chi connectivity index (χ2n) is 10.0. The Labute approximate surface area is 230 Å². The van der Waals surface area contributed by atoms with E-state index in [4.69, 9.17) is 9.97 Å². The Morgan fingerprint density at radius 1 is 0.400 bits per heavy atom. The van der Waals surface area contributed by atoms with Gasteiger partial charge in [-0.25, -0.2) is 9.97 Å². The van der Waals surface area contributed by atoms with Gasteiger partial charge in [0.05, 0.1) is 23.8 Å². The number of hydrogen-bond acceptors (Lipinski definition) is 4. The van der Waals surface area contributed by atoms with E-state index in [2.05, 4.69) is 125 Å². The predicted molar refractivity (Wildman–Crippen MR) is 164 cm³/mol. The van der Waals surface area contributed by atoms with Crippen molar-refractivity contribution < 1.29 is 0 Å². The van der Waals surface area contributed by atoms with E-state index in [0.717, 1.165) is 38.9 Å². The molecule has 2 aromatic heterocycles. The molecule has 0 spiro atoms. The van der Waals surface area contributed by atoms with Crippen LogP contribution in [-0.2, 0) is 0 Å². The van der Waals surface area contributed by atoms with Gasteiger partial charge in [-0.15, -0.1) is 0 Å². The van der Waals surface area contributed by atoms with Crippen LogP contribution in [0, 0.1) is 0 Å². The number of fused-ring (bicyclic) bond motifs is 4. The zero-order valence-electron chi connectivity index (χ0n) is 21.5. The smallest absolute Gasteiger partial charge is 0.162 e. The van der Waals surface area contributed by atoms with Crippen molar-refractivity contribution in [2.24, 2.45) is 0 Å². The molecule has 6 aromatic carbocycles. The average molecular weight is 511 g/mol. The monoisotopic (exact) mass is 510 g/mol. The summed E-state index contributed by atoms with van der Waals surface area (Å²) in [5.41, 5.74) is 4.71. The molecule has 0 amide bonds. The maximum atomic E-state index is 5.08. The first-order valence-electron chi connectivity index (χ1n) is 13.3. The summed E-state index contributed by atoms with van der Waals surface area (Å²) in [7, 11) is 0. The van der Waals surface area contributed by atoms with Crippen molar-refractivity contribution in [3.8, 4) is 33.9 Å². The van der Waals surface area contributed by atoms with Gasteiger partial charge in [0.2, 0.25) is 0 Å². The van der Waals surface area contributed by atoms with Gasteiger partial charge in [0, 0.05) is 16.7 Å². The third kappa shape index (κ3) is 3.77. The lowest BCUT2D eigenvalue weighted by atomic mass is 9.95. The van der Waals surface area contributed by atoms with Crippen LogP contribution in [0.2, 0.25) is 0 Å². The van der Waals surface area contributed by atoms with Crippen LogP contribution >= 0.6 is 0 Å². The molecule has 0 aliphatic heterocycles. The van der Waals surface area contributed by atoms with Crippen molar-refractivity contribution in [3.63, 3.8) is 0 Å². The van der Waals surface area contributed by atoms with Crippen LogP contribution in [-0.4, -0.2) is 20.2 Å². The minimum atomic E-state index is 0.623. The SMILES string of the molecule is c1ccc2cc3c(-c4cc(-c5cccc6cc7ccccc7cc56)nc(-c5ccnnc5)n4)cccc3cc2c1. The second-order valence-corrected chi connectivity index (χ2v) is 10.0. The van der Waals surface area contributed by atoms with Gasteiger partial charge >= 0.3 is 0 Å². The Kier molecular flexibility index (Phi) is 5.10. The molecule has 0 N–H and O–H groups in total. The topological polar surface area (TPSA) is 51.6 Å². The van der Waals surface area contributed by atoms with E-state index in [1.54, 1.807) is 12.4 Å². The normalized spacial score (nSPS) is 11.5. The molecule has 0 atom stereocenters. The summed E-state index contributed by atoms with van der Waals surface area (Å²) in [5.74, 6) is 0.623. The largest absolute Gasteiger partial charge is 0.228 e. The highest BCUT2D eigenvalue weighted by atomic mass is 15.1. The van der Waals surface area contributed by atoms with E-state index in [9.17, 15) is 0 Å². The third-order valence-corrected chi connectivity index (χ3v) is 7.61. The van der Waals surface area contributed by atoms with E-state index < -0.39 is 0 Å². The molecule has 4 heteroatoms. The molecule has 0 saturated carbocycles. The molecule has 0 bridgehead atoms. The van der Waals surface area contributed by atoms with Gasteiger partial charge in [0.1, 0.15) is 0 Å². The Hall–Kier alpha value is -5.48. The van der Waals surface area contributed by atoms with Crippen LogP contribution in [0.1, 0.15) is 0 Å². The minimum Gasteiger partial charge on any atom is -0.228 e. The maximum Gasteiger partial charge on any atom is 0.162 e. The standard InChI is InChI=1S/C36H22N4/c1-3-9-25-19-32-27(17-23(25)7-1)11-5-13-30(32)34-21-35(40-36(39-34)29-15-16-37-38-22-29)31-14-6-12-28-18-24-8-2-4-10-26(24)20-33(28)31/h1-22H. The second kappa shape index (κ2) is 9.07. The van der Waals surface area contributed by atoms with Gasteiger partial charge in [0.25, 0.3) is 0 Å². The van der Waals surface area contributed by atoms with Gasteiger partial charge in [-0.3, -0.25) is 0 Å². The Balaban J connectivity index is 1.41. The molecule has 0 fully saturated rings. The molecular weight excluding hydrogens is 488 g/mol. The molecule has 8 aromatic rings. The molecule has 2 heterocycles. The van der Waals surface area contributed by atoms with Gasteiger partial charge < -0.3 is 0 Å². The van der Waals surface area contributed by atoms with Crippen molar-refractivity contribution >= 4 is 43.1 Å². The van der Waals surface area contributed by atoms with E-state index in [1.807, 2.05) is 6.07 Å². The molecule has 0 saturated heterocycles. The molecule has 0 aliphatic carbocycles.